The predicted molar refractivity (Wildman–Crippen MR) is 34.8 cm³/mol. The topological polar surface area (TPSA) is 21.3 Å². The lowest BCUT2D eigenvalue weighted by atomic mass is 9.79. The highest BCUT2D eigenvalue weighted by Gasteiger charge is 2.38. The quantitative estimate of drug-likeness (QED) is 0.521. The fourth-order valence-electron chi connectivity index (χ4n) is 1.38. The zero-order valence-electron chi connectivity index (χ0n) is 5.39. The molecule has 9 heavy (non-hydrogen) atoms. The van der Waals surface area contributed by atoms with Crippen molar-refractivity contribution in [2.75, 3.05) is 6.54 Å². The minimum atomic E-state index is 0.203. The van der Waals surface area contributed by atoms with Gasteiger partial charge in [0.05, 0.1) is 12.8 Å². The van der Waals surface area contributed by atoms with Crippen molar-refractivity contribution in [2.45, 2.75) is 24.9 Å². The molecule has 1 aliphatic carbocycles. The number of nitrogens with one attached hydrogen (secondary N) is 1. The third-order valence-electron chi connectivity index (χ3n) is 2.19. The van der Waals surface area contributed by atoms with Crippen LogP contribution in [0, 0.1) is 0 Å². The van der Waals surface area contributed by atoms with Crippen LogP contribution in [0.3, 0.4) is 0 Å². The fourth-order valence-corrected chi connectivity index (χ4v) is 1.38. The van der Waals surface area contributed by atoms with Crippen molar-refractivity contribution in [1.82, 2.24) is 5.32 Å². The van der Waals surface area contributed by atoms with E-state index in [1.165, 1.54) is 19.3 Å². The first-order valence-electron chi connectivity index (χ1n) is 3.48. The zero-order valence-corrected chi connectivity index (χ0v) is 5.39. The Hall–Kier alpha value is -0.660. The minimum absolute atomic E-state index is 0.203. The molecule has 0 unspecified atom stereocenters. The average molecular weight is 125 g/mol. The van der Waals surface area contributed by atoms with Gasteiger partial charge in [-0.2, -0.15) is 0 Å². The van der Waals surface area contributed by atoms with Crippen molar-refractivity contribution in [3.8, 4) is 0 Å². The summed E-state index contributed by atoms with van der Waals surface area (Å²) < 4.78 is 5.46. The molecule has 0 aromatic heterocycles. The molecule has 1 N–H and O–H groups in total. The van der Waals surface area contributed by atoms with Crippen LogP contribution in [0.15, 0.2) is 12.5 Å². The Kier molecular flexibility index (Phi) is 0.949. The van der Waals surface area contributed by atoms with E-state index < -0.39 is 0 Å². The molecule has 0 aromatic carbocycles. The Morgan fingerprint density at radius 3 is 2.67 bits per heavy atom. The van der Waals surface area contributed by atoms with Gasteiger partial charge in [0, 0.05) is 6.20 Å². The predicted octanol–water partition coefficient (Wildman–Crippen LogP) is 1.00. The van der Waals surface area contributed by atoms with E-state index in [0.29, 0.717) is 0 Å². The summed E-state index contributed by atoms with van der Waals surface area (Å²) in [6.45, 7) is 1.00. The van der Waals surface area contributed by atoms with Gasteiger partial charge in [-0.3, -0.25) is 0 Å². The second kappa shape index (κ2) is 1.66. The summed E-state index contributed by atoms with van der Waals surface area (Å²) >= 11 is 0. The van der Waals surface area contributed by atoms with E-state index in [2.05, 4.69) is 5.32 Å². The third kappa shape index (κ3) is 0.696. The molecule has 0 aromatic rings. The van der Waals surface area contributed by atoms with Crippen LogP contribution in [-0.4, -0.2) is 12.1 Å². The molecule has 2 nitrogen and oxygen atoms in total. The van der Waals surface area contributed by atoms with E-state index >= 15 is 0 Å². The monoisotopic (exact) mass is 125 g/mol. The summed E-state index contributed by atoms with van der Waals surface area (Å²) in [5.74, 6) is 0. The summed E-state index contributed by atoms with van der Waals surface area (Å²) in [4.78, 5) is 0. The van der Waals surface area contributed by atoms with Gasteiger partial charge < -0.3 is 10.1 Å². The molecule has 2 aliphatic rings. The molecule has 1 fully saturated rings. The van der Waals surface area contributed by atoms with Gasteiger partial charge in [-0.15, -0.1) is 0 Å². The van der Waals surface area contributed by atoms with Crippen molar-refractivity contribution >= 4 is 0 Å². The van der Waals surface area contributed by atoms with E-state index in [1.807, 2.05) is 6.20 Å². The van der Waals surface area contributed by atoms with Gasteiger partial charge in [-0.05, 0) is 19.3 Å². The molecule has 0 bridgehead atoms. The Bertz CT molecular complexity index is 138. The van der Waals surface area contributed by atoms with Crippen LogP contribution in [0.5, 0.6) is 0 Å². The molecule has 0 atom stereocenters. The van der Waals surface area contributed by atoms with Gasteiger partial charge in [-0.1, -0.05) is 0 Å². The Morgan fingerprint density at radius 1 is 1.44 bits per heavy atom. The molecule has 0 saturated heterocycles. The Labute approximate surface area is 54.9 Å². The molecule has 1 aliphatic heterocycles. The van der Waals surface area contributed by atoms with E-state index in [-0.39, 0.29) is 5.60 Å². The first-order valence-corrected chi connectivity index (χ1v) is 3.48. The zero-order chi connectivity index (χ0) is 6.16. The van der Waals surface area contributed by atoms with Gasteiger partial charge in [-0.25, -0.2) is 0 Å². The molecule has 1 saturated carbocycles. The van der Waals surface area contributed by atoms with Crippen LogP contribution < -0.4 is 5.32 Å². The van der Waals surface area contributed by atoms with Gasteiger partial charge in [0.2, 0.25) is 0 Å². The minimum Gasteiger partial charge on any atom is -0.492 e. The van der Waals surface area contributed by atoms with Crippen LogP contribution in [0.2, 0.25) is 0 Å². The lowest BCUT2D eigenvalue weighted by molar-refractivity contribution is -0.0508. The van der Waals surface area contributed by atoms with E-state index in [0.717, 1.165) is 6.54 Å². The average Bonchev–Trinajstić information content (AvgIpc) is 1.87. The van der Waals surface area contributed by atoms with Crippen LogP contribution in [0.4, 0.5) is 0 Å². The van der Waals surface area contributed by atoms with Crippen LogP contribution in [0.25, 0.3) is 0 Å². The molecule has 0 amide bonds. The van der Waals surface area contributed by atoms with Gasteiger partial charge in [0.1, 0.15) is 5.60 Å². The van der Waals surface area contributed by atoms with Crippen molar-refractivity contribution in [3.05, 3.63) is 12.5 Å². The molecule has 2 heteroatoms. The molecule has 1 spiro atoms. The SMILES string of the molecule is C1=COC2(CCC2)CN1. The Morgan fingerprint density at radius 2 is 2.33 bits per heavy atom. The first kappa shape index (κ1) is 5.15. The van der Waals surface area contributed by atoms with E-state index in [1.54, 1.807) is 6.26 Å². The molecular weight excluding hydrogens is 114 g/mol. The van der Waals surface area contributed by atoms with Crippen molar-refractivity contribution in [2.24, 2.45) is 0 Å². The summed E-state index contributed by atoms with van der Waals surface area (Å²) in [6, 6.07) is 0. The van der Waals surface area contributed by atoms with Crippen molar-refractivity contribution in [1.29, 1.82) is 0 Å². The Balaban J connectivity index is 2.04. The number of ether oxygens (including phenoxy) is 1. The second-order valence-electron chi connectivity index (χ2n) is 2.84. The number of rotatable bonds is 0. The lowest BCUT2D eigenvalue weighted by Gasteiger charge is -2.42. The molecule has 2 rings (SSSR count). The van der Waals surface area contributed by atoms with Crippen molar-refractivity contribution < 1.29 is 4.74 Å². The maximum Gasteiger partial charge on any atom is 0.125 e. The summed E-state index contributed by atoms with van der Waals surface area (Å²) in [7, 11) is 0. The van der Waals surface area contributed by atoms with Gasteiger partial charge >= 0.3 is 0 Å². The maximum absolute atomic E-state index is 5.46. The highest BCUT2D eigenvalue weighted by molar-refractivity contribution is 4.98. The fraction of sp³-hybridized carbons (Fsp3) is 0.714. The third-order valence-corrected chi connectivity index (χ3v) is 2.19. The largest absolute Gasteiger partial charge is 0.492 e. The van der Waals surface area contributed by atoms with Crippen molar-refractivity contribution in [3.63, 3.8) is 0 Å². The number of hydrogen-bond donors (Lipinski definition) is 1. The van der Waals surface area contributed by atoms with E-state index in [4.69, 9.17) is 4.74 Å². The second-order valence-corrected chi connectivity index (χ2v) is 2.84. The maximum atomic E-state index is 5.46. The normalized spacial score (nSPS) is 28.4. The highest BCUT2D eigenvalue weighted by Crippen LogP contribution is 2.36. The first-order chi connectivity index (χ1) is 4.41. The lowest BCUT2D eigenvalue weighted by Crippen LogP contribution is -2.48. The van der Waals surface area contributed by atoms with Gasteiger partial charge in [0.25, 0.3) is 0 Å². The molecule has 50 valence electrons. The summed E-state index contributed by atoms with van der Waals surface area (Å²) in [5.41, 5.74) is 0.203. The van der Waals surface area contributed by atoms with E-state index in [9.17, 15) is 0 Å². The molecular formula is C7H11NO. The van der Waals surface area contributed by atoms with Gasteiger partial charge in [0.15, 0.2) is 0 Å². The van der Waals surface area contributed by atoms with Crippen LogP contribution >= 0.6 is 0 Å². The summed E-state index contributed by atoms with van der Waals surface area (Å²) in [6.07, 6.45) is 7.41. The van der Waals surface area contributed by atoms with Crippen LogP contribution in [-0.2, 0) is 4.74 Å². The standard InChI is InChI=1S/C7H11NO/c1-2-7(3-1)6-8-4-5-9-7/h4-5,8H,1-3,6H2. The molecule has 1 heterocycles. The number of hydrogen-bond acceptors (Lipinski definition) is 2. The van der Waals surface area contributed by atoms with Crippen LogP contribution in [0.1, 0.15) is 19.3 Å². The smallest absolute Gasteiger partial charge is 0.125 e. The summed E-state index contributed by atoms with van der Waals surface area (Å²) in [5, 5.41) is 3.17. The molecule has 0 radical (unpaired) electrons. The highest BCUT2D eigenvalue weighted by atomic mass is 16.5.